The molecule has 2 aromatic rings. The molecule has 1 N–H and O–H groups in total. The Morgan fingerprint density at radius 2 is 2.35 bits per heavy atom. The molecule has 0 fully saturated rings. The Balaban J connectivity index is 2.15. The van der Waals surface area contributed by atoms with E-state index in [0.29, 0.717) is 0 Å². The van der Waals surface area contributed by atoms with Crippen molar-refractivity contribution in [2.24, 2.45) is 7.05 Å². The first-order valence-corrected chi connectivity index (χ1v) is 6.76. The van der Waals surface area contributed by atoms with E-state index in [2.05, 4.69) is 33.8 Å². The van der Waals surface area contributed by atoms with E-state index >= 15 is 0 Å². The van der Waals surface area contributed by atoms with E-state index in [0.717, 1.165) is 24.4 Å². The summed E-state index contributed by atoms with van der Waals surface area (Å²) in [6.45, 7) is 5.08. The predicted molar refractivity (Wildman–Crippen MR) is 70.2 cm³/mol. The van der Waals surface area contributed by atoms with Crippen molar-refractivity contribution in [1.82, 2.24) is 20.1 Å². The van der Waals surface area contributed by atoms with E-state index in [4.69, 9.17) is 0 Å². The van der Waals surface area contributed by atoms with Crippen LogP contribution in [-0.4, -0.2) is 21.3 Å². The summed E-state index contributed by atoms with van der Waals surface area (Å²) in [4.78, 5) is 4.39. The van der Waals surface area contributed by atoms with Crippen LogP contribution >= 0.6 is 11.3 Å². The SMILES string of the molecule is CCNC(Cc1cc(C)nn1C)c1cscn1. The molecule has 0 radical (unpaired) electrons. The number of aromatic nitrogens is 3. The van der Waals surface area contributed by atoms with Gasteiger partial charge in [-0.1, -0.05) is 6.92 Å². The Morgan fingerprint density at radius 1 is 1.53 bits per heavy atom. The molecule has 0 spiro atoms. The summed E-state index contributed by atoms with van der Waals surface area (Å²) in [5.41, 5.74) is 5.31. The molecule has 1 atom stereocenters. The van der Waals surface area contributed by atoms with Crippen LogP contribution in [0.2, 0.25) is 0 Å². The maximum atomic E-state index is 4.39. The van der Waals surface area contributed by atoms with Crippen LogP contribution in [-0.2, 0) is 13.5 Å². The molecule has 0 aliphatic rings. The van der Waals surface area contributed by atoms with Gasteiger partial charge in [0.05, 0.1) is 22.9 Å². The van der Waals surface area contributed by atoms with Gasteiger partial charge in [-0.15, -0.1) is 11.3 Å². The first-order chi connectivity index (χ1) is 8.20. The number of nitrogens with one attached hydrogen (secondary N) is 1. The average Bonchev–Trinajstić information content (AvgIpc) is 2.88. The summed E-state index contributed by atoms with van der Waals surface area (Å²) < 4.78 is 1.95. The van der Waals surface area contributed by atoms with Crippen LogP contribution in [0, 0.1) is 6.92 Å². The van der Waals surface area contributed by atoms with Crippen molar-refractivity contribution < 1.29 is 0 Å². The van der Waals surface area contributed by atoms with Crippen molar-refractivity contribution in [2.45, 2.75) is 26.3 Å². The Morgan fingerprint density at radius 3 is 2.88 bits per heavy atom. The van der Waals surface area contributed by atoms with Crippen molar-refractivity contribution in [3.8, 4) is 0 Å². The lowest BCUT2D eigenvalue weighted by Crippen LogP contribution is -2.24. The lowest BCUT2D eigenvalue weighted by molar-refractivity contribution is 0.519. The third-order valence-corrected chi connectivity index (χ3v) is 3.38. The first kappa shape index (κ1) is 12.3. The van der Waals surface area contributed by atoms with E-state index in [9.17, 15) is 0 Å². The van der Waals surface area contributed by atoms with Crippen molar-refractivity contribution in [3.63, 3.8) is 0 Å². The Hall–Kier alpha value is -1.20. The summed E-state index contributed by atoms with van der Waals surface area (Å²) >= 11 is 1.64. The van der Waals surface area contributed by atoms with Gasteiger partial charge < -0.3 is 5.32 Å². The number of likely N-dealkylation sites (N-methyl/N-ethyl adjacent to an activating group) is 1. The van der Waals surface area contributed by atoms with Crippen LogP contribution in [0.25, 0.3) is 0 Å². The van der Waals surface area contributed by atoms with Gasteiger partial charge in [0, 0.05) is 24.5 Å². The summed E-state index contributed by atoms with van der Waals surface area (Å²) in [7, 11) is 1.99. The van der Waals surface area contributed by atoms with Gasteiger partial charge >= 0.3 is 0 Å². The fourth-order valence-electron chi connectivity index (χ4n) is 1.99. The minimum absolute atomic E-state index is 0.279. The van der Waals surface area contributed by atoms with Gasteiger partial charge in [-0.3, -0.25) is 4.68 Å². The standard InChI is InChI=1S/C12H18N4S/c1-4-13-11(12-7-17-8-14-12)6-10-5-9(2)15-16(10)3/h5,7-8,11,13H,4,6H2,1-3H3. The molecule has 0 aliphatic carbocycles. The van der Waals surface area contributed by atoms with Crippen molar-refractivity contribution in [1.29, 1.82) is 0 Å². The van der Waals surface area contributed by atoms with Crippen LogP contribution in [0.1, 0.15) is 30.0 Å². The minimum Gasteiger partial charge on any atom is -0.309 e. The van der Waals surface area contributed by atoms with Crippen molar-refractivity contribution in [2.75, 3.05) is 6.54 Å². The van der Waals surface area contributed by atoms with Gasteiger partial charge in [0.15, 0.2) is 0 Å². The monoisotopic (exact) mass is 250 g/mol. The molecule has 92 valence electrons. The summed E-state index contributed by atoms with van der Waals surface area (Å²) in [5, 5.41) is 9.96. The highest BCUT2D eigenvalue weighted by Gasteiger charge is 2.15. The van der Waals surface area contributed by atoms with Gasteiger partial charge in [0.1, 0.15) is 0 Å². The van der Waals surface area contributed by atoms with Gasteiger partial charge in [-0.05, 0) is 19.5 Å². The van der Waals surface area contributed by atoms with E-state index < -0.39 is 0 Å². The molecule has 0 amide bonds. The quantitative estimate of drug-likeness (QED) is 0.883. The van der Waals surface area contributed by atoms with Crippen LogP contribution in [0.15, 0.2) is 17.0 Å². The molecule has 0 bridgehead atoms. The Bertz CT molecular complexity index is 461. The second kappa shape index (κ2) is 5.42. The third kappa shape index (κ3) is 2.92. The van der Waals surface area contributed by atoms with Crippen molar-refractivity contribution in [3.05, 3.63) is 34.0 Å². The normalized spacial score (nSPS) is 12.9. The lowest BCUT2D eigenvalue weighted by atomic mass is 10.1. The molecule has 2 rings (SSSR count). The Kier molecular flexibility index (Phi) is 3.91. The summed E-state index contributed by atoms with van der Waals surface area (Å²) in [6.07, 6.45) is 0.926. The highest BCUT2D eigenvalue weighted by atomic mass is 32.1. The minimum atomic E-state index is 0.279. The molecule has 1 unspecified atom stereocenters. The topological polar surface area (TPSA) is 42.7 Å². The van der Waals surface area contributed by atoms with Crippen LogP contribution in [0.3, 0.4) is 0 Å². The molecular formula is C12H18N4S. The molecule has 0 saturated heterocycles. The fraction of sp³-hybridized carbons (Fsp3) is 0.500. The maximum absolute atomic E-state index is 4.39. The molecule has 0 aliphatic heterocycles. The van der Waals surface area contributed by atoms with Gasteiger partial charge in [-0.25, -0.2) is 4.98 Å². The van der Waals surface area contributed by atoms with Gasteiger partial charge in [0.25, 0.3) is 0 Å². The largest absolute Gasteiger partial charge is 0.309 e. The predicted octanol–water partition coefficient (Wildman–Crippen LogP) is 2.08. The molecular weight excluding hydrogens is 232 g/mol. The second-order valence-electron chi connectivity index (χ2n) is 4.13. The molecule has 2 heterocycles. The van der Waals surface area contributed by atoms with E-state index in [-0.39, 0.29) is 6.04 Å². The summed E-state index contributed by atoms with van der Waals surface area (Å²) in [6, 6.07) is 2.41. The smallest absolute Gasteiger partial charge is 0.0795 e. The zero-order chi connectivity index (χ0) is 12.3. The van der Waals surface area contributed by atoms with E-state index in [1.54, 1.807) is 11.3 Å². The van der Waals surface area contributed by atoms with E-state index in [1.807, 2.05) is 24.2 Å². The molecule has 0 aromatic carbocycles. The van der Waals surface area contributed by atoms with Crippen LogP contribution < -0.4 is 5.32 Å². The number of aryl methyl sites for hydroxylation is 2. The van der Waals surface area contributed by atoms with Gasteiger partial charge in [-0.2, -0.15) is 5.10 Å². The number of rotatable bonds is 5. The summed E-state index contributed by atoms with van der Waals surface area (Å²) in [5.74, 6) is 0. The molecule has 5 heteroatoms. The van der Waals surface area contributed by atoms with Gasteiger partial charge in [0.2, 0.25) is 0 Å². The highest BCUT2D eigenvalue weighted by Crippen LogP contribution is 2.18. The average molecular weight is 250 g/mol. The zero-order valence-electron chi connectivity index (χ0n) is 10.5. The third-order valence-electron chi connectivity index (χ3n) is 2.77. The lowest BCUT2D eigenvalue weighted by Gasteiger charge is -2.15. The van der Waals surface area contributed by atoms with Crippen LogP contribution in [0.5, 0.6) is 0 Å². The zero-order valence-corrected chi connectivity index (χ0v) is 11.3. The second-order valence-corrected chi connectivity index (χ2v) is 4.85. The molecule has 2 aromatic heterocycles. The molecule has 4 nitrogen and oxygen atoms in total. The number of thiazole rings is 1. The number of hydrogen-bond donors (Lipinski definition) is 1. The number of hydrogen-bond acceptors (Lipinski definition) is 4. The first-order valence-electron chi connectivity index (χ1n) is 5.81. The van der Waals surface area contributed by atoms with Crippen molar-refractivity contribution >= 4 is 11.3 Å². The maximum Gasteiger partial charge on any atom is 0.0795 e. The molecule has 17 heavy (non-hydrogen) atoms. The fourth-order valence-corrected chi connectivity index (χ4v) is 2.59. The van der Waals surface area contributed by atoms with Crippen LogP contribution in [0.4, 0.5) is 0 Å². The Labute approximate surface area is 106 Å². The molecule has 0 saturated carbocycles. The highest BCUT2D eigenvalue weighted by molar-refractivity contribution is 7.07. The van der Waals surface area contributed by atoms with E-state index in [1.165, 1.54) is 5.69 Å². The number of nitrogens with zero attached hydrogens (tertiary/aromatic N) is 3.